The lowest BCUT2D eigenvalue weighted by atomic mass is 9.90. The molecule has 2 nitrogen and oxygen atoms in total. The Morgan fingerprint density at radius 2 is 2.06 bits per heavy atom. The first-order valence-electron chi connectivity index (χ1n) is 5.95. The Morgan fingerprint density at radius 3 is 2.88 bits per heavy atom. The molecule has 0 radical (unpaired) electrons. The van der Waals surface area contributed by atoms with Gasteiger partial charge in [0.2, 0.25) is 0 Å². The zero-order valence-corrected chi connectivity index (χ0v) is 10.1. The number of aryl methyl sites for hydroxylation is 1. The maximum Gasteiger partial charge on any atom is 0.0532 e. The fourth-order valence-corrected chi connectivity index (χ4v) is 2.75. The smallest absolute Gasteiger partial charge is 0.0532 e. The van der Waals surface area contributed by atoms with Crippen molar-refractivity contribution in [1.82, 2.24) is 10.3 Å². The summed E-state index contributed by atoms with van der Waals surface area (Å²) in [6.07, 6.45) is 1.13. The molecule has 2 heteroatoms. The standard InChI is InChI=1S/C14H18N2/c1-9-4-5-10-11-6-7-15-14(2,3)13(11)16-12(10)8-9/h4-5,8,15-16H,6-7H2,1-3H3. The molecule has 1 aliphatic heterocycles. The van der Waals surface area contributed by atoms with Gasteiger partial charge in [0.05, 0.1) is 5.54 Å². The van der Waals surface area contributed by atoms with E-state index in [1.165, 1.54) is 27.7 Å². The molecule has 2 N–H and O–H groups in total. The number of hydrogen-bond acceptors (Lipinski definition) is 1. The summed E-state index contributed by atoms with van der Waals surface area (Å²) in [6, 6.07) is 6.69. The van der Waals surface area contributed by atoms with E-state index >= 15 is 0 Å². The quantitative estimate of drug-likeness (QED) is 0.693. The molecule has 2 aromatic rings. The number of rotatable bonds is 0. The first kappa shape index (κ1) is 9.91. The highest BCUT2D eigenvalue weighted by molar-refractivity contribution is 5.86. The highest BCUT2D eigenvalue weighted by Gasteiger charge is 2.29. The molecule has 0 unspecified atom stereocenters. The van der Waals surface area contributed by atoms with Crippen molar-refractivity contribution in [2.45, 2.75) is 32.7 Å². The summed E-state index contributed by atoms with van der Waals surface area (Å²) in [5.41, 5.74) is 5.53. The van der Waals surface area contributed by atoms with Crippen LogP contribution < -0.4 is 5.32 Å². The lowest BCUT2D eigenvalue weighted by molar-refractivity contribution is 0.374. The minimum Gasteiger partial charge on any atom is -0.357 e. The van der Waals surface area contributed by atoms with Crippen molar-refractivity contribution in [3.63, 3.8) is 0 Å². The maximum absolute atomic E-state index is 3.58. The predicted octanol–water partition coefficient (Wildman–Crippen LogP) is 2.86. The zero-order valence-electron chi connectivity index (χ0n) is 10.1. The summed E-state index contributed by atoms with van der Waals surface area (Å²) in [4.78, 5) is 3.58. The first-order chi connectivity index (χ1) is 7.58. The second-order valence-corrected chi connectivity index (χ2v) is 5.33. The lowest BCUT2D eigenvalue weighted by Gasteiger charge is -2.31. The molecule has 2 heterocycles. The largest absolute Gasteiger partial charge is 0.357 e. The van der Waals surface area contributed by atoms with Crippen molar-refractivity contribution < 1.29 is 0 Å². The van der Waals surface area contributed by atoms with Crippen molar-refractivity contribution in [3.05, 3.63) is 35.0 Å². The fourth-order valence-electron chi connectivity index (χ4n) is 2.75. The average Bonchev–Trinajstić information content (AvgIpc) is 2.57. The fraction of sp³-hybridized carbons (Fsp3) is 0.429. The number of fused-ring (bicyclic) bond motifs is 3. The third kappa shape index (κ3) is 1.30. The Labute approximate surface area is 96.1 Å². The molecule has 0 amide bonds. The molecule has 0 aliphatic carbocycles. The second kappa shape index (κ2) is 3.11. The summed E-state index contributed by atoms with van der Waals surface area (Å²) >= 11 is 0. The van der Waals surface area contributed by atoms with Gasteiger partial charge in [-0.15, -0.1) is 0 Å². The van der Waals surface area contributed by atoms with E-state index in [0.29, 0.717) is 0 Å². The Morgan fingerprint density at radius 1 is 1.25 bits per heavy atom. The molecule has 0 saturated carbocycles. The minimum absolute atomic E-state index is 0.0699. The van der Waals surface area contributed by atoms with Gasteiger partial charge < -0.3 is 10.3 Å². The highest BCUT2D eigenvalue weighted by atomic mass is 15.0. The molecular formula is C14H18N2. The summed E-state index contributed by atoms with van der Waals surface area (Å²) in [7, 11) is 0. The van der Waals surface area contributed by atoms with E-state index in [2.05, 4.69) is 49.3 Å². The Hall–Kier alpha value is -1.28. The molecule has 1 aliphatic rings. The number of hydrogen-bond donors (Lipinski definition) is 2. The van der Waals surface area contributed by atoms with Crippen molar-refractivity contribution in [3.8, 4) is 0 Å². The van der Waals surface area contributed by atoms with Gasteiger partial charge in [-0.3, -0.25) is 0 Å². The van der Waals surface area contributed by atoms with Crippen LogP contribution in [0.3, 0.4) is 0 Å². The van der Waals surface area contributed by atoms with Crippen LogP contribution in [0.25, 0.3) is 10.9 Å². The molecule has 84 valence electrons. The van der Waals surface area contributed by atoms with Gasteiger partial charge in [0.25, 0.3) is 0 Å². The topological polar surface area (TPSA) is 27.8 Å². The Kier molecular flexibility index (Phi) is 1.93. The minimum atomic E-state index is 0.0699. The van der Waals surface area contributed by atoms with Gasteiger partial charge in [-0.2, -0.15) is 0 Å². The summed E-state index contributed by atoms with van der Waals surface area (Å²) in [5, 5.41) is 4.96. The molecule has 1 aromatic carbocycles. The van der Waals surface area contributed by atoms with Gasteiger partial charge in [0, 0.05) is 23.1 Å². The van der Waals surface area contributed by atoms with E-state index in [-0.39, 0.29) is 5.54 Å². The predicted molar refractivity (Wildman–Crippen MR) is 67.8 cm³/mol. The van der Waals surface area contributed by atoms with Gasteiger partial charge in [-0.25, -0.2) is 0 Å². The van der Waals surface area contributed by atoms with E-state index in [1.54, 1.807) is 0 Å². The number of nitrogens with one attached hydrogen (secondary N) is 2. The third-order valence-electron chi connectivity index (χ3n) is 3.63. The van der Waals surface area contributed by atoms with Crippen molar-refractivity contribution in [2.75, 3.05) is 6.54 Å². The maximum atomic E-state index is 3.58. The van der Waals surface area contributed by atoms with Crippen LogP contribution in [0.2, 0.25) is 0 Å². The zero-order chi connectivity index (χ0) is 11.3. The lowest BCUT2D eigenvalue weighted by Crippen LogP contribution is -2.42. The summed E-state index contributed by atoms with van der Waals surface area (Å²) in [6.45, 7) is 7.70. The van der Waals surface area contributed by atoms with Crippen LogP contribution in [0.15, 0.2) is 18.2 Å². The normalized spacial score (nSPS) is 18.7. The van der Waals surface area contributed by atoms with Gasteiger partial charge in [0.1, 0.15) is 0 Å². The van der Waals surface area contributed by atoms with Crippen molar-refractivity contribution in [2.24, 2.45) is 0 Å². The molecule has 1 aromatic heterocycles. The summed E-state index contributed by atoms with van der Waals surface area (Å²) < 4.78 is 0. The number of aromatic nitrogens is 1. The Bertz CT molecular complexity index is 549. The second-order valence-electron chi connectivity index (χ2n) is 5.33. The van der Waals surface area contributed by atoms with E-state index in [1.807, 2.05) is 0 Å². The van der Waals surface area contributed by atoms with Crippen molar-refractivity contribution >= 4 is 10.9 Å². The highest BCUT2D eigenvalue weighted by Crippen LogP contribution is 2.33. The van der Waals surface area contributed by atoms with Gasteiger partial charge in [-0.05, 0) is 44.4 Å². The van der Waals surface area contributed by atoms with Crippen molar-refractivity contribution in [1.29, 1.82) is 0 Å². The van der Waals surface area contributed by atoms with Crippen LogP contribution in [0.4, 0.5) is 0 Å². The molecule has 0 saturated heterocycles. The van der Waals surface area contributed by atoms with Gasteiger partial charge in [0.15, 0.2) is 0 Å². The third-order valence-corrected chi connectivity index (χ3v) is 3.63. The van der Waals surface area contributed by atoms with E-state index in [9.17, 15) is 0 Å². The average molecular weight is 214 g/mol. The van der Waals surface area contributed by atoms with Crippen LogP contribution in [-0.4, -0.2) is 11.5 Å². The summed E-state index contributed by atoms with van der Waals surface area (Å²) in [5.74, 6) is 0. The first-order valence-corrected chi connectivity index (χ1v) is 5.95. The van der Waals surface area contributed by atoms with Crippen LogP contribution in [0.5, 0.6) is 0 Å². The van der Waals surface area contributed by atoms with Crippen LogP contribution in [-0.2, 0) is 12.0 Å². The number of aromatic amines is 1. The van der Waals surface area contributed by atoms with Gasteiger partial charge in [-0.1, -0.05) is 12.1 Å². The van der Waals surface area contributed by atoms with Crippen LogP contribution in [0, 0.1) is 6.92 Å². The SMILES string of the molecule is Cc1ccc2c3c([nH]c2c1)C(C)(C)NCC3. The Balaban J connectivity index is 2.32. The molecule has 3 rings (SSSR count). The van der Waals surface area contributed by atoms with E-state index in [0.717, 1.165) is 13.0 Å². The molecule has 0 fully saturated rings. The molecular weight excluding hydrogens is 196 g/mol. The molecule has 0 bridgehead atoms. The number of benzene rings is 1. The van der Waals surface area contributed by atoms with Crippen LogP contribution >= 0.6 is 0 Å². The monoisotopic (exact) mass is 214 g/mol. The molecule has 16 heavy (non-hydrogen) atoms. The number of H-pyrrole nitrogens is 1. The van der Waals surface area contributed by atoms with E-state index < -0.39 is 0 Å². The van der Waals surface area contributed by atoms with Crippen LogP contribution in [0.1, 0.15) is 30.7 Å². The van der Waals surface area contributed by atoms with E-state index in [4.69, 9.17) is 0 Å². The molecule has 0 atom stereocenters. The molecule has 0 spiro atoms. The van der Waals surface area contributed by atoms with Gasteiger partial charge >= 0.3 is 0 Å².